The predicted molar refractivity (Wildman–Crippen MR) is 431 cm³/mol. The summed E-state index contributed by atoms with van der Waals surface area (Å²) in [6.07, 6.45) is 21.3. The van der Waals surface area contributed by atoms with Crippen LogP contribution in [-0.2, 0) is 78.6 Å². The molecule has 0 spiro atoms. The molecule has 748 valence electrons. The van der Waals surface area contributed by atoms with E-state index in [0.29, 0.717) is 77.0 Å². The molecule has 12 fully saturated rings. The van der Waals surface area contributed by atoms with Crippen LogP contribution in [0.3, 0.4) is 0 Å². The average molecular weight is 1940 g/mol. The van der Waals surface area contributed by atoms with E-state index in [2.05, 4.69) is 9.47 Å². The van der Waals surface area contributed by atoms with Gasteiger partial charge in [-0.1, -0.05) is 135 Å². The summed E-state index contributed by atoms with van der Waals surface area (Å²) in [6.45, 7) is 6.63. The van der Waals surface area contributed by atoms with Gasteiger partial charge in [0.1, 0.15) is 0 Å². The molecule has 0 radical (unpaired) electrons. The van der Waals surface area contributed by atoms with Crippen LogP contribution in [0.15, 0.2) is 0 Å². The number of aliphatic hydroxyl groups is 8. The van der Waals surface area contributed by atoms with Gasteiger partial charge < -0.3 is 78.0 Å². The number of ether oxygens (including phenoxy) is 4. The molecule has 44 heteroatoms. The van der Waals surface area contributed by atoms with Gasteiger partial charge in [0, 0.05) is 43.4 Å². The summed E-state index contributed by atoms with van der Waals surface area (Å²) in [5, 5.41) is 58.1. The van der Waals surface area contributed by atoms with Gasteiger partial charge in [0.2, 0.25) is 0 Å². The summed E-state index contributed by atoms with van der Waals surface area (Å²) in [7, 11) is -24.4. The number of carbonyl (C=O) groups is 4. The van der Waals surface area contributed by atoms with E-state index in [9.17, 15) is 165 Å². The second-order valence-corrected chi connectivity index (χ2v) is 43.7. The summed E-state index contributed by atoms with van der Waals surface area (Å²) in [5.41, 5.74) is -4.63. The fourth-order valence-electron chi connectivity index (χ4n) is 18.3. The minimum Gasteiger partial charge on any atom is -0.743 e. The van der Waals surface area contributed by atoms with E-state index in [1.54, 1.807) is 0 Å². The molecule has 0 aromatic heterocycles. The van der Waals surface area contributed by atoms with E-state index in [1.807, 2.05) is 34.6 Å². The molecule has 0 amide bonds. The van der Waals surface area contributed by atoms with Gasteiger partial charge in [-0.05, 0) is 176 Å². The highest BCUT2D eigenvalue weighted by atomic mass is 32.2. The molecule has 8 atom stereocenters. The third kappa shape index (κ3) is 36.5. The fraction of sp³-hybridized carbons (Fsp3) is 0.952. The number of carbonyl (C=O) groups excluding carboxylic acids is 4. The number of halogens is 12. The van der Waals surface area contributed by atoms with Crippen LogP contribution in [0.5, 0.6) is 0 Å². The maximum Gasteiger partial charge on any atom is 0.364 e. The van der Waals surface area contributed by atoms with Crippen LogP contribution in [-0.4, -0.2) is 234 Å². The van der Waals surface area contributed by atoms with Gasteiger partial charge in [-0.3, -0.25) is 19.2 Å². The Kier molecular flexibility index (Phi) is 44.4. The first kappa shape index (κ1) is 116. The van der Waals surface area contributed by atoms with Gasteiger partial charge in [-0.15, -0.1) is 0 Å². The Labute approximate surface area is 739 Å². The first-order valence-corrected chi connectivity index (χ1v) is 50.2. The van der Waals surface area contributed by atoms with Gasteiger partial charge in [0.05, 0.1) is 94.9 Å². The van der Waals surface area contributed by atoms with Crippen molar-refractivity contribution in [2.75, 3.05) is 26.4 Å². The second kappa shape index (κ2) is 48.7. The summed E-state index contributed by atoms with van der Waals surface area (Å²) < 4.78 is 298. The van der Waals surface area contributed by atoms with Crippen molar-refractivity contribution in [2.24, 2.45) is 41.4 Å². The number of esters is 4. The van der Waals surface area contributed by atoms with E-state index in [-0.39, 0.29) is 45.8 Å². The van der Waals surface area contributed by atoms with Gasteiger partial charge in [-0.25, -0.2) is 51.2 Å². The molecule has 127 heavy (non-hydrogen) atoms. The molecular weight excluding hydrogens is 1800 g/mol. The zero-order valence-electron chi connectivity index (χ0n) is 73.3. The first-order chi connectivity index (χ1) is 58.2. The Hall–Kier alpha value is -3.64. The minimum atomic E-state index is -6.18. The van der Waals surface area contributed by atoms with E-state index < -0.39 is 203 Å². The van der Waals surface area contributed by atoms with Crippen molar-refractivity contribution in [3.63, 3.8) is 0 Å². The highest BCUT2D eigenvalue weighted by molar-refractivity contribution is 7.87. The average Bonchev–Trinajstić information content (AvgIpc) is 1.53. The molecule has 0 bridgehead atoms. The van der Waals surface area contributed by atoms with Crippen molar-refractivity contribution in [1.82, 2.24) is 0 Å². The number of rotatable bonds is 27. The Balaban J connectivity index is 0.000000316. The van der Waals surface area contributed by atoms with Crippen LogP contribution in [0.25, 0.3) is 0 Å². The monoisotopic (exact) mass is 1940 g/mol. The summed E-state index contributed by atoms with van der Waals surface area (Å²) in [6, 6.07) is 0. The quantitative estimate of drug-likeness (QED) is 0.0164. The Morgan fingerprint density at radius 1 is 0.299 bits per heavy atom. The molecule has 0 heterocycles. The van der Waals surface area contributed by atoms with Gasteiger partial charge in [-0.2, -0.15) is 35.1 Å². The topological polar surface area (TPSA) is 496 Å². The summed E-state index contributed by atoms with van der Waals surface area (Å²) >= 11 is 0. The Bertz CT molecular complexity index is 3670. The minimum absolute atomic E-state index is 0.253. The normalized spacial score (nSPS) is 26.4. The molecule has 0 aromatic carbocycles. The second-order valence-electron chi connectivity index (χ2n) is 37.9. The molecule has 12 rings (SSSR count). The van der Waals surface area contributed by atoms with Gasteiger partial charge in [0.25, 0.3) is 0 Å². The van der Waals surface area contributed by atoms with Crippen molar-refractivity contribution in [1.29, 1.82) is 0 Å². The van der Waals surface area contributed by atoms with Crippen molar-refractivity contribution < 1.29 is 184 Å². The molecule has 0 aliphatic heterocycles. The van der Waals surface area contributed by atoms with Crippen LogP contribution in [0.4, 0.5) is 52.7 Å². The molecule has 0 saturated heterocycles. The van der Waals surface area contributed by atoms with Crippen LogP contribution >= 0.6 is 0 Å². The van der Waals surface area contributed by atoms with E-state index in [1.165, 1.54) is 64.2 Å². The lowest BCUT2D eigenvalue weighted by molar-refractivity contribution is -0.166. The smallest absolute Gasteiger partial charge is 0.364 e. The lowest BCUT2D eigenvalue weighted by Crippen LogP contribution is -2.48. The SMILES string of the molecule is CC1(O)CCCC1.CC1(O)CCCC1.CC1(O)CCCC1.CC1(O)CCCC1.CC1(O)CCCC1.O=C(OCCC(F)C(F)(F)S(=O)(=O)[O-])C1C(C2(O)CCCC2)C1C1(O)CCCC1.O=C(OCCC(F)C(F)(F)S(=O)(=O)[O-])C1CCC1C1(O)CCCC1.O=C(OCCC(F)C(F)(F)S(=O)(=O)[O-])C1CCCC1.O=C(OCCC(F)C(F)(F)S(=O)(=O)[O-])C1CCCCC1. The highest BCUT2D eigenvalue weighted by Crippen LogP contribution is 2.65. The van der Waals surface area contributed by atoms with Crippen molar-refractivity contribution in [2.45, 2.75) is 427 Å². The first-order valence-electron chi connectivity index (χ1n) is 44.5. The molecule has 8 unspecified atom stereocenters. The zero-order valence-corrected chi connectivity index (χ0v) is 76.6. The number of hydrogen-bond acceptors (Lipinski definition) is 28. The Morgan fingerprint density at radius 2 is 0.496 bits per heavy atom. The number of alkyl halides is 12. The summed E-state index contributed by atoms with van der Waals surface area (Å²) in [5.74, 6) is -6.01. The maximum absolute atomic E-state index is 13.5. The molecule has 8 N–H and O–H groups in total. The van der Waals surface area contributed by atoms with Gasteiger partial charge in [0.15, 0.2) is 65.2 Å². The fourth-order valence-corrected chi connectivity index (χ4v) is 20.1. The van der Waals surface area contributed by atoms with Gasteiger partial charge >= 0.3 is 44.9 Å². The largest absolute Gasteiger partial charge is 0.743 e. The van der Waals surface area contributed by atoms with E-state index in [0.717, 1.165) is 135 Å². The lowest BCUT2D eigenvalue weighted by atomic mass is 9.64. The molecule has 28 nitrogen and oxygen atoms in total. The van der Waals surface area contributed by atoms with E-state index >= 15 is 0 Å². The maximum atomic E-state index is 13.5. The third-order valence-corrected chi connectivity index (χ3v) is 30.2. The Morgan fingerprint density at radius 3 is 0.693 bits per heavy atom. The third-order valence-electron chi connectivity index (χ3n) is 26.5. The number of hydrogen-bond donors (Lipinski definition) is 8. The van der Waals surface area contributed by atoms with Crippen LogP contribution in [0, 0.1) is 41.4 Å². The molecular formula is C83H136F12O28S4-4. The summed E-state index contributed by atoms with van der Waals surface area (Å²) in [4.78, 5) is 47.3. The van der Waals surface area contributed by atoms with Crippen LogP contribution < -0.4 is 0 Å². The van der Waals surface area contributed by atoms with E-state index in [4.69, 9.17) is 9.47 Å². The molecule has 12 saturated carbocycles. The van der Waals surface area contributed by atoms with Crippen LogP contribution in [0.2, 0.25) is 0 Å². The van der Waals surface area contributed by atoms with Crippen molar-refractivity contribution in [3.05, 3.63) is 0 Å². The highest BCUT2D eigenvalue weighted by Gasteiger charge is 2.71. The molecule has 12 aliphatic rings. The van der Waals surface area contributed by atoms with Crippen LogP contribution in [0.1, 0.15) is 336 Å². The molecule has 0 aromatic rings. The lowest BCUT2D eigenvalue weighted by Gasteiger charge is -2.44. The van der Waals surface area contributed by atoms with Crippen molar-refractivity contribution >= 4 is 64.3 Å². The van der Waals surface area contributed by atoms with Crippen molar-refractivity contribution in [3.8, 4) is 0 Å². The standard InChI is InChI=1S/C18H27F3O7S.C14H21F3O6S.C11H17F3O5S.C10H15F3O5S.5C6H12O/c19-11(18(20,21)29(25,26)27)5-10-28-15(22)12-13(16(23)6-1-2-7-16)14(12)17(24)8-3-4-9-17;15-11(14(16,17)24(20,21)22)5-8-23-12(18)9-3-4-10(9)13(19)6-1-2-7-13;12-9(11(13,14)20(16,17)18)6-7-19-10(15)8-4-2-1-3-5-8;11-8(10(12,13)19(15,16)17)5-6-18-9(14)7-3-1-2-4-7;5*1-6(7)4-2-3-5-6/h11-14,23-24H,1-10H2,(H,25,26,27);9-11,19H,1-8H2,(H,20,21,22);8-9H,1-7H2,(H,16,17,18);7-8H,1-6H2,(H,15,16,17);5*7H,2-5H2,1H3/p-4. The zero-order chi connectivity index (χ0) is 96.6. The molecule has 12 aliphatic carbocycles. The predicted octanol–water partition coefficient (Wildman–Crippen LogP) is 13.7.